The maximum absolute atomic E-state index is 11.8. The van der Waals surface area contributed by atoms with E-state index >= 15 is 0 Å². The third kappa shape index (κ3) is 5.06. The van der Waals surface area contributed by atoms with Crippen molar-refractivity contribution in [2.75, 3.05) is 11.9 Å². The molecule has 1 aromatic rings. The van der Waals surface area contributed by atoms with Crippen LogP contribution in [0.25, 0.3) is 0 Å². The molecule has 1 rings (SSSR count). The monoisotopic (exact) mass is 245 g/mol. The molecule has 1 heterocycles. The zero-order valence-corrected chi connectivity index (χ0v) is 8.95. The number of halogens is 3. The number of nitriles is 1. The van der Waals surface area contributed by atoms with Gasteiger partial charge in [-0.15, -0.1) is 13.2 Å². The van der Waals surface area contributed by atoms with E-state index in [0.29, 0.717) is 12.4 Å². The molecule has 1 N–H and O–H groups in total. The van der Waals surface area contributed by atoms with Crippen LogP contribution in [0.3, 0.4) is 0 Å². The van der Waals surface area contributed by atoms with Gasteiger partial charge < -0.3 is 10.1 Å². The van der Waals surface area contributed by atoms with E-state index in [4.69, 9.17) is 5.26 Å². The molecule has 0 aromatic carbocycles. The average Bonchev–Trinajstić information content (AvgIpc) is 2.25. The first-order valence-corrected chi connectivity index (χ1v) is 4.76. The molecule has 0 saturated heterocycles. The number of nitrogens with one attached hydrogen (secondary N) is 1. The summed E-state index contributed by atoms with van der Waals surface area (Å²) in [6.07, 6.45) is -3.75. The van der Waals surface area contributed by atoms with Crippen LogP contribution in [0, 0.1) is 17.2 Å². The fourth-order valence-electron chi connectivity index (χ4n) is 0.982. The minimum Gasteiger partial charge on any atom is -0.404 e. The van der Waals surface area contributed by atoms with Crippen molar-refractivity contribution in [1.29, 1.82) is 5.26 Å². The molecule has 7 heteroatoms. The number of pyridine rings is 1. The molecule has 17 heavy (non-hydrogen) atoms. The van der Waals surface area contributed by atoms with Crippen LogP contribution < -0.4 is 10.1 Å². The number of nitrogens with zero attached hydrogens (tertiary/aromatic N) is 2. The lowest BCUT2D eigenvalue weighted by molar-refractivity contribution is -0.274. The molecule has 0 bridgehead atoms. The van der Waals surface area contributed by atoms with E-state index in [1.807, 2.05) is 6.07 Å². The number of hydrogen-bond acceptors (Lipinski definition) is 4. The summed E-state index contributed by atoms with van der Waals surface area (Å²) in [6, 6.07) is 4.52. The summed E-state index contributed by atoms with van der Waals surface area (Å²) in [4.78, 5) is 3.72. The van der Waals surface area contributed by atoms with E-state index in [0.717, 1.165) is 12.3 Å². The molecule has 0 aliphatic carbocycles. The first-order chi connectivity index (χ1) is 7.90. The molecular formula is C10H10F3N3O. The summed E-state index contributed by atoms with van der Waals surface area (Å²) in [5.41, 5.74) is 0. The van der Waals surface area contributed by atoms with Gasteiger partial charge in [-0.25, -0.2) is 4.98 Å². The van der Waals surface area contributed by atoms with E-state index in [-0.39, 0.29) is 11.7 Å². The van der Waals surface area contributed by atoms with Gasteiger partial charge in [-0.2, -0.15) is 5.26 Å². The molecule has 1 atom stereocenters. The second-order valence-electron chi connectivity index (χ2n) is 3.34. The molecule has 0 saturated carbocycles. The minimum absolute atomic E-state index is 0.206. The van der Waals surface area contributed by atoms with Crippen LogP contribution in [0.15, 0.2) is 18.3 Å². The fourth-order valence-corrected chi connectivity index (χ4v) is 0.982. The number of rotatable bonds is 4. The van der Waals surface area contributed by atoms with Crippen molar-refractivity contribution in [2.45, 2.75) is 13.3 Å². The van der Waals surface area contributed by atoms with Crippen molar-refractivity contribution < 1.29 is 17.9 Å². The van der Waals surface area contributed by atoms with Crippen molar-refractivity contribution in [1.82, 2.24) is 4.98 Å². The highest BCUT2D eigenvalue weighted by Gasteiger charge is 2.31. The molecule has 0 fully saturated rings. The summed E-state index contributed by atoms with van der Waals surface area (Å²) in [6.45, 7) is 2.09. The van der Waals surface area contributed by atoms with Gasteiger partial charge in [0.2, 0.25) is 0 Å². The second-order valence-corrected chi connectivity index (χ2v) is 3.34. The van der Waals surface area contributed by atoms with Gasteiger partial charge in [0, 0.05) is 6.54 Å². The van der Waals surface area contributed by atoms with E-state index in [1.54, 1.807) is 6.92 Å². The van der Waals surface area contributed by atoms with Crippen LogP contribution in [0.5, 0.6) is 5.75 Å². The largest absolute Gasteiger partial charge is 0.573 e. The highest BCUT2D eigenvalue weighted by molar-refractivity contribution is 5.37. The summed E-state index contributed by atoms with van der Waals surface area (Å²) in [5, 5.41) is 11.3. The fraction of sp³-hybridized carbons (Fsp3) is 0.400. The standard InChI is InChI=1S/C10H10F3N3O/c1-7(4-14)5-15-9-3-2-8(6-16-9)17-10(11,12)13/h2-3,6-7H,5H2,1H3,(H,15,16). The van der Waals surface area contributed by atoms with Gasteiger partial charge in [-0.1, -0.05) is 0 Å². The first-order valence-electron chi connectivity index (χ1n) is 4.76. The Balaban J connectivity index is 2.54. The van der Waals surface area contributed by atoms with Crippen molar-refractivity contribution in [3.05, 3.63) is 18.3 Å². The average molecular weight is 245 g/mol. The Morgan fingerprint density at radius 3 is 2.71 bits per heavy atom. The van der Waals surface area contributed by atoms with Crippen LogP contribution >= 0.6 is 0 Å². The lowest BCUT2D eigenvalue weighted by Crippen LogP contribution is -2.17. The van der Waals surface area contributed by atoms with Crippen LogP contribution in [0.4, 0.5) is 19.0 Å². The molecule has 0 spiro atoms. The predicted molar refractivity (Wildman–Crippen MR) is 54.2 cm³/mol. The van der Waals surface area contributed by atoms with Gasteiger partial charge in [-0.05, 0) is 19.1 Å². The third-order valence-corrected chi connectivity index (χ3v) is 1.78. The highest BCUT2D eigenvalue weighted by atomic mass is 19.4. The number of alkyl halides is 3. The quantitative estimate of drug-likeness (QED) is 0.885. The van der Waals surface area contributed by atoms with E-state index in [2.05, 4.69) is 15.0 Å². The van der Waals surface area contributed by atoms with Gasteiger partial charge in [0.25, 0.3) is 0 Å². The molecule has 1 unspecified atom stereocenters. The highest BCUT2D eigenvalue weighted by Crippen LogP contribution is 2.22. The summed E-state index contributed by atoms with van der Waals surface area (Å²) in [7, 11) is 0. The Hall–Kier alpha value is -1.97. The van der Waals surface area contributed by atoms with E-state index in [9.17, 15) is 13.2 Å². The topological polar surface area (TPSA) is 57.9 Å². The van der Waals surface area contributed by atoms with Crippen LogP contribution in [0.2, 0.25) is 0 Å². The summed E-state index contributed by atoms with van der Waals surface area (Å²) < 4.78 is 39.2. The van der Waals surface area contributed by atoms with Gasteiger partial charge in [0.05, 0.1) is 18.2 Å². The second kappa shape index (κ2) is 5.39. The van der Waals surface area contributed by atoms with Crippen molar-refractivity contribution in [2.24, 2.45) is 5.92 Å². The van der Waals surface area contributed by atoms with Crippen LogP contribution in [0.1, 0.15) is 6.92 Å². The maximum Gasteiger partial charge on any atom is 0.573 e. The number of anilines is 1. The molecule has 1 aromatic heterocycles. The van der Waals surface area contributed by atoms with Gasteiger partial charge in [0.1, 0.15) is 11.6 Å². The Morgan fingerprint density at radius 2 is 2.24 bits per heavy atom. The van der Waals surface area contributed by atoms with Crippen molar-refractivity contribution in [3.63, 3.8) is 0 Å². The maximum atomic E-state index is 11.8. The van der Waals surface area contributed by atoms with Gasteiger partial charge >= 0.3 is 6.36 Å². The molecular weight excluding hydrogens is 235 g/mol. The normalized spacial score (nSPS) is 12.6. The number of hydrogen-bond donors (Lipinski definition) is 1. The van der Waals surface area contributed by atoms with Gasteiger partial charge in [-0.3, -0.25) is 0 Å². The predicted octanol–water partition coefficient (Wildman–Crippen LogP) is 2.55. The Kier molecular flexibility index (Phi) is 4.15. The first kappa shape index (κ1) is 13.1. The lowest BCUT2D eigenvalue weighted by Gasteiger charge is -2.10. The number of ether oxygens (including phenoxy) is 1. The minimum atomic E-state index is -4.72. The zero-order valence-electron chi connectivity index (χ0n) is 8.95. The Bertz CT molecular complexity index is 397. The number of aromatic nitrogens is 1. The zero-order chi connectivity index (χ0) is 12.9. The Labute approximate surface area is 96.0 Å². The molecule has 4 nitrogen and oxygen atoms in total. The van der Waals surface area contributed by atoms with E-state index in [1.165, 1.54) is 6.07 Å². The van der Waals surface area contributed by atoms with Crippen LogP contribution in [-0.4, -0.2) is 17.9 Å². The molecule has 0 aliphatic rings. The molecule has 92 valence electrons. The Morgan fingerprint density at radius 1 is 1.53 bits per heavy atom. The SMILES string of the molecule is CC(C#N)CNc1ccc(OC(F)(F)F)cn1. The molecule has 0 aliphatic heterocycles. The summed E-state index contributed by atoms with van der Waals surface area (Å²) in [5.74, 6) is -0.194. The van der Waals surface area contributed by atoms with Gasteiger partial charge in [0.15, 0.2) is 0 Å². The van der Waals surface area contributed by atoms with E-state index < -0.39 is 6.36 Å². The molecule has 0 amide bonds. The van der Waals surface area contributed by atoms with Crippen molar-refractivity contribution in [3.8, 4) is 11.8 Å². The van der Waals surface area contributed by atoms with Crippen LogP contribution in [-0.2, 0) is 0 Å². The third-order valence-electron chi connectivity index (χ3n) is 1.78. The molecule has 0 radical (unpaired) electrons. The lowest BCUT2D eigenvalue weighted by atomic mass is 10.2. The smallest absolute Gasteiger partial charge is 0.404 e. The van der Waals surface area contributed by atoms with Crippen molar-refractivity contribution >= 4 is 5.82 Å². The summed E-state index contributed by atoms with van der Waals surface area (Å²) >= 11 is 0.